The molecule has 0 aliphatic carbocycles. The van der Waals surface area contributed by atoms with Crippen molar-refractivity contribution in [3.05, 3.63) is 46.3 Å². The molecule has 1 saturated heterocycles. The second-order valence-electron chi connectivity index (χ2n) is 5.55. The average Bonchev–Trinajstić information content (AvgIpc) is 3.15. The third-order valence-electron chi connectivity index (χ3n) is 3.99. The lowest BCUT2D eigenvalue weighted by Crippen LogP contribution is -2.52. The Labute approximate surface area is 145 Å². The normalized spacial score (nSPS) is 14.3. The monoisotopic (exact) mass is 341 g/mol. The van der Waals surface area contributed by atoms with Crippen molar-refractivity contribution < 1.29 is 4.79 Å². The third kappa shape index (κ3) is 4.03. The number of amides is 2. The minimum atomic E-state index is -0.00931. The van der Waals surface area contributed by atoms with E-state index < -0.39 is 0 Å². The van der Waals surface area contributed by atoms with Gasteiger partial charge in [0.05, 0.1) is 11.6 Å². The Bertz CT molecular complexity index is 717. The van der Waals surface area contributed by atoms with Crippen LogP contribution in [0.1, 0.15) is 10.4 Å². The van der Waals surface area contributed by atoms with Crippen LogP contribution < -0.4 is 10.2 Å². The second-order valence-corrected chi connectivity index (χ2v) is 6.58. The van der Waals surface area contributed by atoms with E-state index in [9.17, 15) is 4.79 Å². The van der Waals surface area contributed by atoms with Gasteiger partial charge in [-0.2, -0.15) is 5.26 Å². The van der Waals surface area contributed by atoms with Crippen molar-refractivity contribution in [3.63, 3.8) is 0 Å². The molecule has 2 amide bonds. The zero-order valence-electron chi connectivity index (χ0n) is 13.3. The lowest BCUT2D eigenvalue weighted by atomic mass is 10.2. The topological polar surface area (TPSA) is 72.3 Å². The van der Waals surface area contributed by atoms with Gasteiger partial charge in [-0.05, 0) is 30.0 Å². The van der Waals surface area contributed by atoms with Crippen molar-refractivity contribution in [1.82, 2.24) is 15.2 Å². The molecule has 0 bridgehead atoms. The summed E-state index contributed by atoms with van der Waals surface area (Å²) in [5, 5.41) is 14.0. The molecule has 2 aromatic rings. The van der Waals surface area contributed by atoms with E-state index in [1.807, 2.05) is 16.3 Å². The van der Waals surface area contributed by atoms with Crippen LogP contribution in [0.15, 0.2) is 35.8 Å². The zero-order valence-corrected chi connectivity index (χ0v) is 14.1. The van der Waals surface area contributed by atoms with Crippen molar-refractivity contribution in [1.29, 1.82) is 5.26 Å². The Morgan fingerprint density at radius 2 is 2.17 bits per heavy atom. The van der Waals surface area contributed by atoms with Gasteiger partial charge < -0.3 is 15.1 Å². The van der Waals surface area contributed by atoms with Crippen LogP contribution in [0.25, 0.3) is 0 Å². The van der Waals surface area contributed by atoms with E-state index in [-0.39, 0.29) is 6.03 Å². The van der Waals surface area contributed by atoms with Gasteiger partial charge in [-0.3, -0.25) is 0 Å². The highest BCUT2D eigenvalue weighted by Gasteiger charge is 2.21. The molecule has 24 heavy (non-hydrogen) atoms. The molecule has 0 radical (unpaired) electrons. The Hall–Kier alpha value is -2.59. The summed E-state index contributed by atoms with van der Waals surface area (Å²) in [7, 11) is 0. The largest absolute Gasteiger partial charge is 0.353 e. The van der Waals surface area contributed by atoms with Crippen LogP contribution in [0.2, 0.25) is 0 Å². The van der Waals surface area contributed by atoms with E-state index in [0.717, 1.165) is 25.3 Å². The van der Waals surface area contributed by atoms with Gasteiger partial charge in [0.2, 0.25) is 0 Å². The molecule has 2 aromatic heterocycles. The third-order valence-corrected chi connectivity index (χ3v) is 4.93. The fraction of sp³-hybridized carbons (Fsp3) is 0.353. The predicted molar refractivity (Wildman–Crippen MR) is 94.2 cm³/mol. The summed E-state index contributed by atoms with van der Waals surface area (Å²) in [4.78, 5) is 21.7. The molecule has 1 N–H and O–H groups in total. The number of hydrogen-bond acceptors (Lipinski definition) is 5. The van der Waals surface area contributed by atoms with Crippen molar-refractivity contribution >= 4 is 23.2 Å². The number of urea groups is 1. The number of carbonyl (C=O) groups excluding carboxylic acids is 1. The van der Waals surface area contributed by atoms with E-state index in [1.165, 1.54) is 4.88 Å². The van der Waals surface area contributed by atoms with E-state index in [0.29, 0.717) is 25.2 Å². The molecule has 7 heteroatoms. The number of nitriles is 1. The summed E-state index contributed by atoms with van der Waals surface area (Å²) in [5.74, 6) is 0.798. The van der Waals surface area contributed by atoms with Gasteiger partial charge in [-0.15, -0.1) is 11.3 Å². The van der Waals surface area contributed by atoms with Crippen LogP contribution in [0.5, 0.6) is 0 Å². The molecule has 1 fully saturated rings. The summed E-state index contributed by atoms with van der Waals surface area (Å²) in [5.41, 5.74) is 0.605. The first kappa shape index (κ1) is 16.3. The van der Waals surface area contributed by atoms with Crippen LogP contribution in [0.4, 0.5) is 10.6 Å². The maximum absolute atomic E-state index is 12.2. The predicted octanol–water partition coefficient (Wildman–Crippen LogP) is 2.09. The van der Waals surface area contributed by atoms with Crippen molar-refractivity contribution in [2.75, 3.05) is 37.6 Å². The molecule has 1 aliphatic rings. The molecule has 3 heterocycles. The molecule has 0 aromatic carbocycles. The first-order chi connectivity index (χ1) is 11.8. The van der Waals surface area contributed by atoms with Crippen LogP contribution in [-0.4, -0.2) is 48.6 Å². The van der Waals surface area contributed by atoms with E-state index in [4.69, 9.17) is 5.26 Å². The maximum atomic E-state index is 12.2. The van der Waals surface area contributed by atoms with E-state index in [1.54, 1.807) is 29.7 Å². The number of anilines is 1. The SMILES string of the molecule is N#Cc1ccnc(N2CCN(C(=O)NCCc3cccs3)CC2)c1. The van der Waals surface area contributed by atoms with Gasteiger partial charge in [0.15, 0.2) is 0 Å². The van der Waals surface area contributed by atoms with E-state index >= 15 is 0 Å². The molecule has 3 rings (SSSR count). The van der Waals surface area contributed by atoms with E-state index in [2.05, 4.69) is 27.3 Å². The zero-order chi connectivity index (χ0) is 16.8. The van der Waals surface area contributed by atoms with Gasteiger partial charge in [-0.1, -0.05) is 6.07 Å². The Morgan fingerprint density at radius 3 is 2.88 bits per heavy atom. The minimum Gasteiger partial charge on any atom is -0.353 e. The number of rotatable bonds is 4. The number of aromatic nitrogens is 1. The summed E-state index contributed by atoms with van der Waals surface area (Å²) in [6, 6.07) is 9.71. The Kier molecular flexibility index (Phi) is 5.29. The number of thiophene rings is 1. The summed E-state index contributed by atoms with van der Waals surface area (Å²) in [6.45, 7) is 3.42. The molecular weight excluding hydrogens is 322 g/mol. The fourth-order valence-electron chi connectivity index (χ4n) is 2.66. The Morgan fingerprint density at radius 1 is 1.33 bits per heavy atom. The van der Waals surface area contributed by atoms with Crippen LogP contribution >= 0.6 is 11.3 Å². The molecular formula is C17H19N5OS. The highest BCUT2D eigenvalue weighted by Crippen LogP contribution is 2.15. The number of nitrogens with zero attached hydrogens (tertiary/aromatic N) is 4. The van der Waals surface area contributed by atoms with Gasteiger partial charge >= 0.3 is 6.03 Å². The van der Waals surface area contributed by atoms with Crippen LogP contribution in [0.3, 0.4) is 0 Å². The van der Waals surface area contributed by atoms with Crippen molar-refractivity contribution in [3.8, 4) is 6.07 Å². The molecule has 0 atom stereocenters. The highest BCUT2D eigenvalue weighted by molar-refractivity contribution is 7.09. The lowest BCUT2D eigenvalue weighted by molar-refractivity contribution is 0.194. The number of hydrogen-bond donors (Lipinski definition) is 1. The van der Waals surface area contributed by atoms with Crippen molar-refractivity contribution in [2.45, 2.75) is 6.42 Å². The quantitative estimate of drug-likeness (QED) is 0.924. The molecule has 0 unspecified atom stereocenters. The molecule has 0 spiro atoms. The van der Waals surface area contributed by atoms with Gasteiger partial charge in [-0.25, -0.2) is 9.78 Å². The number of piperazine rings is 1. The van der Waals surface area contributed by atoms with Crippen LogP contribution in [-0.2, 0) is 6.42 Å². The van der Waals surface area contributed by atoms with Crippen molar-refractivity contribution in [2.24, 2.45) is 0 Å². The summed E-state index contributed by atoms with van der Waals surface area (Å²) >= 11 is 1.71. The average molecular weight is 341 g/mol. The summed E-state index contributed by atoms with van der Waals surface area (Å²) in [6.07, 6.45) is 2.52. The first-order valence-electron chi connectivity index (χ1n) is 7.92. The Balaban J connectivity index is 1.45. The molecule has 1 aliphatic heterocycles. The lowest BCUT2D eigenvalue weighted by Gasteiger charge is -2.35. The van der Waals surface area contributed by atoms with Gasteiger partial charge in [0.25, 0.3) is 0 Å². The highest BCUT2D eigenvalue weighted by atomic mass is 32.1. The smallest absolute Gasteiger partial charge is 0.317 e. The number of carbonyl (C=O) groups is 1. The van der Waals surface area contributed by atoms with Gasteiger partial charge in [0, 0.05) is 43.8 Å². The maximum Gasteiger partial charge on any atom is 0.317 e. The molecule has 6 nitrogen and oxygen atoms in total. The fourth-order valence-corrected chi connectivity index (χ4v) is 3.37. The number of pyridine rings is 1. The molecule has 124 valence electrons. The first-order valence-corrected chi connectivity index (χ1v) is 8.80. The van der Waals surface area contributed by atoms with Gasteiger partial charge in [0.1, 0.15) is 5.82 Å². The standard InChI is InChI=1S/C17H19N5OS/c18-13-14-3-5-19-16(12-14)21-7-9-22(10-8-21)17(23)20-6-4-15-2-1-11-24-15/h1-3,5,11-12H,4,6-10H2,(H,20,23). The minimum absolute atomic E-state index is 0.00931. The second kappa shape index (κ2) is 7.79. The van der Waals surface area contributed by atoms with Crippen LogP contribution in [0, 0.1) is 11.3 Å². The number of nitrogens with one attached hydrogen (secondary N) is 1. The summed E-state index contributed by atoms with van der Waals surface area (Å²) < 4.78 is 0. The molecule has 0 saturated carbocycles.